The first-order valence-electron chi connectivity index (χ1n) is 14.4. The van der Waals surface area contributed by atoms with E-state index in [1.807, 2.05) is 6.07 Å². The standard InChI is InChI=1S/C32H37N5O9/c1-19(2)28(27(33)29(39)40)36-32(30(34)41,15-20-8-13-24-25(14-20)46-18-45-24)26(38)16-43-22-9-11-23(12-10-22)44-17-37(31(35)42)21-6-4-3-5-7-21/h3-14,19,27-28,36H,15-18,33H2,1-2H3,(H2,34,41)(H2,35,42)(H,39,40)/t27-,28?,32?/m0/s1. The van der Waals surface area contributed by atoms with E-state index < -0.39 is 53.8 Å². The molecule has 3 amide bonds. The van der Waals surface area contributed by atoms with Gasteiger partial charge in [0.1, 0.15) is 24.1 Å². The molecule has 0 aromatic heterocycles. The molecule has 0 saturated heterocycles. The number of carboxylic acid groups (broad SMARTS) is 1. The Morgan fingerprint density at radius 2 is 1.57 bits per heavy atom. The van der Waals surface area contributed by atoms with Crippen molar-refractivity contribution in [3.05, 3.63) is 78.4 Å². The van der Waals surface area contributed by atoms with Gasteiger partial charge in [0.15, 0.2) is 29.6 Å². The summed E-state index contributed by atoms with van der Waals surface area (Å²) in [7, 11) is 0. The van der Waals surface area contributed by atoms with Crippen LogP contribution in [0.5, 0.6) is 23.0 Å². The topological polar surface area (TPSA) is 219 Å². The highest BCUT2D eigenvalue weighted by Gasteiger charge is 2.48. The third-order valence-electron chi connectivity index (χ3n) is 7.49. The molecule has 244 valence electrons. The van der Waals surface area contributed by atoms with Crippen molar-refractivity contribution in [1.82, 2.24) is 5.32 Å². The number of anilines is 1. The summed E-state index contributed by atoms with van der Waals surface area (Å²) < 4.78 is 22.2. The fourth-order valence-corrected chi connectivity index (χ4v) is 4.91. The summed E-state index contributed by atoms with van der Waals surface area (Å²) in [6, 6.07) is 16.7. The van der Waals surface area contributed by atoms with Crippen LogP contribution in [0.1, 0.15) is 19.4 Å². The van der Waals surface area contributed by atoms with Crippen LogP contribution in [0, 0.1) is 5.92 Å². The maximum absolute atomic E-state index is 13.9. The number of ether oxygens (including phenoxy) is 4. The molecule has 3 aromatic carbocycles. The Kier molecular flexibility index (Phi) is 10.7. The number of hydrogen-bond donors (Lipinski definition) is 5. The van der Waals surface area contributed by atoms with Gasteiger partial charge in [0, 0.05) is 18.2 Å². The van der Waals surface area contributed by atoms with E-state index in [-0.39, 0.29) is 25.7 Å². The van der Waals surface area contributed by atoms with Gasteiger partial charge in [-0.25, -0.2) is 4.79 Å². The van der Waals surface area contributed by atoms with Crippen molar-refractivity contribution >= 4 is 29.4 Å². The van der Waals surface area contributed by atoms with Crippen LogP contribution in [0.4, 0.5) is 10.5 Å². The molecule has 14 nitrogen and oxygen atoms in total. The van der Waals surface area contributed by atoms with E-state index >= 15 is 0 Å². The molecule has 4 rings (SSSR count). The zero-order valence-corrected chi connectivity index (χ0v) is 25.4. The number of Topliss-reactive ketones (excluding diaryl/α,β-unsaturated/α-hetero) is 1. The molecule has 1 aliphatic rings. The highest BCUT2D eigenvalue weighted by molar-refractivity contribution is 6.11. The first kappa shape index (κ1) is 33.6. The molecule has 3 aromatic rings. The van der Waals surface area contributed by atoms with Crippen LogP contribution in [-0.4, -0.2) is 66.6 Å². The van der Waals surface area contributed by atoms with Crippen molar-refractivity contribution < 1.29 is 43.2 Å². The number of ketones is 1. The number of nitrogens with zero attached hydrogens (tertiary/aromatic N) is 1. The normalized spacial score (nSPS) is 14.5. The predicted octanol–water partition coefficient (Wildman–Crippen LogP) is 1.78. The number of rotatable bonds is 16. The minimum atomic E-state index is -2.10. The van der Waals surface area contributed by atoms with Gasteiger partial charge in [-0.15, -0.1) is 0 Å². The number of aliphatic carboxylic acids is 1. The molecule has 14 heteroatoms. The fraction of sp³-hybridized carbons (Fsp3) is 0.312. The zero-order valence-electron chi connectivity index (χ0n) is 25.4. The van der Waals surface area contributed by atoms with Crippen molar-refractivity contribution in [3.8, 4) is 23.0 Å². The Bertz CT molecular complexity index is 1550. The van der Waals surface area contributed by atoms with Crippen LogP contribution in [0.25, 0.3) is 0 Å². The lowest BCUT2D eigenvalue weighted by Gasteiger charge is -2.37. The van der Waals surface area contributed by atoms with E-state index in [1.165, 1.54) is 17.0 Å². The summed E-state index contributed by atoms with van der Waals surface area (Å²) in [6.45, 7) is 2.69. The van der Waals surface area contributed by atoms with Crippen molar-refractivity contribution in [2.24, 2.45) is 23.1 Å². The number of nitrogens with one attached hydrogen (secondary N) is 1. The first-order chi connectivity index (χ1) is 21.9. The van der Waals surface area contributed by atoms with Crippen molar-refractivity contribution in [2.45, 2.75) is 37.9 Å². The van der Waals surface area contributed by atoms with Gasteiger partial charge in [0.25, 0.3) is 0 Å². The minimum absolute atomic E-state index is 0.0217. The average Bonchev–Trinajstić information content (AvgIpc) is 3.50. The molecule has 1 heterocycles. The molecule has 46 heavy (non-hydrogen) atoms. The van der Waals surface area contributed by atoms with Gasteiger partial charge in [0.05, 0.1) is 0 Å². The number of fused-ring (bicyclic) bond motifs is 1. The molecule has 1 aliphatic heterocycles. The van der Waals surface area contributed by atoms with Crippen LogP contribution in [-0.2, 0) is 20.8 Å². The van der Waals surface area contributed by atoms with E-state index in [4.69, 9.17) is 36.1 Å². The Morgan fingerprint density at radius 1 is 0.935 bits per heavy atom. The smallest absolute Gasteiger partial charge is 0.322 e. The molecule has 0 saturated carbocycles. The molecule has 2 unspecified atom stereocenters. The number of hydrogen-bond acceptors (Lipinski definition) is 10. The van der Waals surface area contributed by atoms with Gasteiger partial charge in [-0.05, 0) is 60.0 Å². The van der Waals surface area contributed by atoms with Gasteiger partial charge in [-0.2, -0.15) is 0 Å². The summed E-state index contributed by atoms with van der Waals surface area (Å²) in [5, 5.41) is 12.6. The van der Waals surface area contributed by atoms with E-state index in [2.05, 4.69) is 5.32 Å². The molecule has 8 N–H and O–H groups in total. The fourth-order valence-electron chi connectivity index (χ4n) is 4.91. The molecule has 0 aliphatic carbocycles. The number of urea groups is 1. The number of carbonyl (C=O) groups excluding carboxylic acids is 3. The summed E-state index contributed by atoms with van der Waals surface area (Å²) in [4.78, 5) is 52.1. The largest absolute Gasteiger partial charge is 0.486 e. The summed E-state index contributed by atoms with van der Waals surface area (Å²) in [6.07, 6.45) is -0.249. The number of carbonyl (C=O) groups is 4. The quantitative estimate of drug-likeness (QED) is 0.113. The van der Waals surface area contributed by atoms with Crippen molar-refractivity contribution in [1.29, 1.82) is 0 Å². The molecule has 3 atom stereocenters. The highest BCUT2D eigenvalue weighted by Crippen LogP contribution is 2.34. The monoisotopic (exact) mass is 635 g/mol. The first-order valence-corrected chi connectivity index (χ1v) is 14.4. The van der Waals surface area contributed by atoms with Gasteiger partial charge in [-0.3, -0.25) is 24.6 Å². The van der Waals surface area contributed by atoms with Crippen LogP contribution < -0.4 is 46.4 Å². The maximum Gasteiger partial charge on any atom is 0.322 e. The second-order valence-electron chi connectivity index (χ2n) is 11.0. The highest BCUT2D eigenvalue weighted by atomic mass is 16.7. The third-order valence-corrected chi connectivity index (χ3v) is 7.49. The number of benzene rings is 3. The van der Waals surface area contributed by atoms with Crippen LogP contribution in [0.15, 0.2) is 72.8 Å². The summed E-state index contributed by atoms with van der Waals surface area (Å²) in [5.74, 6) is -1.94. The lowest BCUT2D eigenvalue weighted by molar-refractivity contribution is -0.143. The van der Waals surface area contributed by atoms with Gasteiger partial charge in [0.2, 0.25) is 12.7 Å². The molecular weight excluding hydrogens is 598 g/mol. The average molecular weight is 636 g/mol. The lowest BCUT2D eigenvalue weighted by atomic mass is 9.82. The van der Waals surface area contributed by atoms with E-state index in [0.717, 1.165) is 0 Å². The number of para-hydroxylation sites is 1. The lowest BCUT2D eigenvalue weighted by Crippen LogP contribution is -2.70. The Labute approximate surface area is 265 Å². The second kappa shape index (κ2) is 14.6. The minimum Gasteiger partial charge on any atom is -0.486 e. The summed E-state index contributed by atoms with van der Waals surface area (Å²) in [5.41, 5.74) is 16.3. The van der Waals surface area contributed by atoms with Crippen molar-refractivity contribution in [2.75, 3.05) is 25.0 Å². The van der Waals surface area contributed by atoms with Crippen LogP contribution in [0.3, 0.4) is 0 Å². The van der Waals surface area contributed by atoms with E-state index in [9.17, 15) is 24.3 Å². The zero-order chi connectivity index (χ0) is 33.4. The van der Waals surface area contributed by atoms with E-state index in [0.29, 0.717) is 28.5 Å². The van der Waals surface area contributed by atoms with Gasteiger partial charge in [-0.1, -0.05) is 38.1 Å². The Morgan fingerprint density at radius 3 is 2.15 bits per heavy atom. The third kappa shape index (κ3) is 7.83. The number of carboxylic acids is 1. The maximum atomic E-state index is 13.9. The molecule has 0 fully saturated rings. The van der Waals surface area contributed by atoms with Crippen LogP contribution in [0.2, 0.25) is 0 Å². The van der Waals surface area contributed by atoms with Gasteiger partial charge < -0.3 is 41.3 Å². The molecule has 0 spiro atoms. The Hall–Kier alpha value is -5.34. The SMILES string of the molecule is CC(C)C(NC(Cc1ccc2c(c1)OCO2)(C(N)=O)C(=O)COc1ccc(OCN(C(N)=O)c2ccccc2)cc1)[C@H](N)C(=O)O. The van der Waals surface area contributed by atoms with Gasteiger partial charge >= 0.3 is 12.0 Å². The molecular formula is C32H37N5O9. The number of primary amides is 2. The Balaban J connectivity index is 1.52. The van der Waals surface area contributed by atoms with Crippen LogP contribution >= 0.6 is 0 Å². The van der Waals surface area contributed by atoms with Crippen molar-refractivity contribution in [3.63, 3.8) is 0 Å². The van der Waals surface area contributed by atoms with E-state index in [1.54, 1.807) is 68.4 Å². The number of nitrogens with two attached hydrogens (primary N) is 3. The second-order valence-corrected chi connectivity index (χ2v) is 11.0. The summed E-state index contributed by atoms with van der Waals surface area (Å²) >= 11 is 0. The molecule has 0 bridgehead atoms. The number of amides is 3. The molecule has 0 radical (unpaired) electrons. The predicted molar refractivity (Wildman–Crippen MR) is 167 cm³/mol.